The lowest BCUT2D eigenvalue weighted by molar-refractivity contribution is -0.116. The zero-order chi connectivity index (χ0) is 22.6. The Morgan fingerprint density at radius 3 is 2.58 bits per heavy atom. The monoisotopic (exact) mass is 442 g/mol. The van der Waals surface area contributed by atoms with Crippen molar-refractivity contribution in [2.24, 2.45) is 5.14 Å². The number of carbonyl (C=O) groups excluding carboxylic acids is 1. The standard InChI is InChI=1S/C23H26N2O5S/c1-4-29-21-13-22-20(16(3)14-30-22)12-19(21)15(2)11-23(26)25-10-9-17-5-7-18(8-6-17)31(24,27)28/h5-8,11-14H,4,9-10H2,1-3H3,(H,25,26)(H2,24,27,28)/b15-11+. The van der Waals surface area contributed by atoms with Crippen molar-refractivity contribution in [2.75, 3.05) is 13.2 Å². The average Bonchev–Trinajstić information content (AvgIpc) is 3.07. The zero-order valence-electron chi connectivity index (χ0n) is 17.8. The number of nitrogens with two attached hydrogens (primary N) is 1. The minimum absolute atomic E-state index is 0.0637. The third-order valence-electron chi connectivity index (χ3n) is 4.91. The van der Waals surface area contributed by atoms with Gasteiger partial charge in [-0.3, -0.25) is 4.79 Å². The van der Waals surface area contributed by atoms with E-state index >= 15 is 0 Å². The Morgan fingerprint density at radius 2 is 1.94 bits per heavy atom. The first-order valence-corrected chi connectivity index (χ1v) is 11.5. The molecular formula is C23H26N2O5S. The molecule has 0 aliphatic heterocycles. The minimum Gasteiger partial charge on any atom is -0.493 e. The molecule has 0 saturated heterocycles. The van der Waals surface area contributed by atoms with Gasteiger partial charge in [-0.2, -0.15) is 0 Å². The van der Waals surface area contributed by atoms with Crippen LogP contribution < -0.4 is 15.2 Å². The maximum absolute atomic E-state index is 12.4. The second-order valence-corrected chi connectivity index (χ2v) is 8.82. The van der Waals surface area contributed by atoms with Gasteiger partial charge in [-0.25, -0.2) is 13.6 Å². The summed E-state index contributed by atoms with van der Waals surface area (Å²) in [5.74, 6) is 0.450. The molecule has 0 unspecified atom stereocenters. The number of carbonyl (C=O) groups is 1. The summed E-state index contributed by atoms with van der Waals surface area (Å²) in [4.78, 5) is 12.5. The fraction of sp³-hybridized carbons (Fsp3) is 0.261. The molecule has 0 saturated carbocycles. The van der Waals surface area contributed by atoms with Crippen LogP contribution in [0.2, 0.25) is 0 Å². The van der Waals surface area contributed by atoms with Crippen molar-refractivity contribution in [1.82, 2.24) is 5.32 Å². The van der Waals surface area contributed by atoms with Crippen molar-refractivity contribution in [2.45, 2.75) is 32.1 Å². The molecule has 2 aromatic carbocycles. The molecule has 0 fully saturated rings. The second-order valence-electron chi connectivity index (χ2n) is 7.25. The Labute approximate surface area is 181 Å². The van der Waals surface area contributed by atoms with Crippen LogP contribution >= 0.6 is 0 Å². The third-order valence-corrected chi connectivity index (χ3v) is 5.84. The predicted molar refractivity (Wildman–Crippen MR) is 120 cm³/mol. The molecule has 8 heteroatoms. The number of sulfonamides is 1. The molecule has 3 aromatic rings. The van der Waals surface area contributed by atoms with E-state index in [0.29, 0.717) is 25.3 Å². The highest BCUT2D eigenvalue weighted by Crippen LogP contribution is 2.33. The zero-order valence-corrected chi connectivity index (χ0v) is 18.6. The van der Waals surface area contributed by atoms with E-state index in [9.17, 15) is 13.2 Å². The quantitative estimate of drug-likeness (QED) is 0.518. The maximum Gasteiger partial charge on any atom is 0.244 e. The van der Waals surface area contributed by atoms with Gasteiger partial charge in [-0.15, -0.1) is 0 Å². The summed E-state index contributed by atoms with van der Waals surface area (Å²) in [5.41, 5.74) is 4.28. The van der Waals surface area contributed by atoms with Crippen LogP contribution in [0.4, 0.5) is 0 Å². The number of hydrogen-bond acceptors (Lipinski definition) is 5. The third kappa shape index (κ3) is 5.53. The van der Waals surface area contributed by atoms with E-state index in [4.69, 9.17) is 14.3 Å². The van der Waals surface area contributed by atoms with Gasteiger partial charge >= 0.3 is 0 Å². The Kier molecular flexibility index (Phi) is 6.82. The molecule has 3 N–H and O–H groups in total. The van der Waals surface area contributed by atoms with Crippen molar-refractivity contribution in [3.63, 3.8) is 0 Å². The molecule has 1 heterocycles. The number of allylic oxidation sites excluding steroid dienone is 1. The Morgan fingerprint density at radius 1 is 1.23 bits per heavy atom. The van der Waals surface area contributed by atoms with Crippen LogP contribution in [-0.4, -0.2) is 27.5 Å². The molecule has 0 bridgehead atoms. The second kappa shape index (κ2) is 9.36. The number of amides is 1. The summed E-state index contributed by atoms with van der Waals surface area (Å²) in [6.07, 6.45) is 3.81. The number of hydrogen-bond donors (Lipinski definition) is 2. The fourth-order valence-corrected chi connectivity index (χ4v) is 3.78. The largest absolute Gasteiger partial charge is 0.493 e. The maximum atomic E-state index is 12.4. The van der Waals surface area contributed by atoms with Crippen LogP contribution in [0.3, 0.4) is 0 Å². The fourth-order valence-electron chi connectivity index (χ4n) is 3.27. The topological polar surface area (TPSA) is 112 Å². The van der Waals surface area contributed by atoms with Crippen LogP contribution in [0.15, 0.2) is 58.1 Å². The molecule has 31 heavy (non-hydrogen) atoms. The van der Waals surface area contributed by atoms with E-state index in [1.54, 1.807) is 24.5 Å². The SMILES string of the molecule is CCOc1cc2occ(C)c2cc1/C(C)=C/C(=O)NCCc1ccc(S(N)(=O)=O)cc1. The van der Waals surface area contributed by atoms with Crippen LogP contribution in [0.25, 0.3) is 16.5 Å². The van der Waals surface area contributed by atoms with Gasteiger partial charge in [0.15, 0.2) is 0 Å². The lowest BCUT2D eigenvalue weighted by Crippen LogP contribution is -2.23. The smallest absolute Gasteiger partial charge is 0.244 e. The van der Waals surface area contributed by atoms with Gasteiger partial charge in [0.1, 0.15) is 11.3 Å². The predicted octanol–water partition coefficient (Wildman–Crippen LogP) is 3.55. The lowest BCUT2D eigenvalue weighted by Gasteiger charge is -2.11. The highest BCUT2D eigenvalue weighted by molar-refractivity contribution is 7.89. The Hall–Kier alpha value is -3.10. The van der Waals surface area contributed by atoms with Crippen LogP contribution in [0, 0.1) is 6.92 Å². The van der Waals surface area contributed by atoms with Gasteiger partial charge < -0.3 is 14.5 Å². The van der Waals surface area contributed by atoms with Gasteiger partial charge in [0, 0.05) is 29.6 Å². The van der Waals surface area contributed by atoms with E-state index in [2.05, 4.69) is 5.32 Å². The number of primary sulfonamides is 1. The highest BCUT2D eigenvalue weighted by Gasteiger charge is 2.13. The number of rotatable bonds is 8. The van der Waals surface area contributed by atoms with Gasteiger partial charge in [0.25, 0.3) is 0 Å². The van der Waals surface area contributed by atoms with Gasteiger partial charge in [0.2, 0.25) is 15.9 Å². The summed E-state index contributed by atoms with van der Waals surface area (Å²) in [6, 6.07) is 10.1. The van der Waals surface area contributed by atoms with Crippen molar-refractivity contribution in [3.8, 4) is 5.75 Å². The van der Waals surface area contributed by atoms with Crippen LogP contribution in [0.5, 0.6) is 5.75 Å². The Balaban J connectivity index is 1.68. The summed E-state index contributed by atoms with van der Waals surface area (Å²) >= 11 is 0. The molecule has 164 valence electrons. The van der Waals surface area contributed by atoms with Gasteiger partial charge in [-0.05, 0) is 62.1 Å². The number of fused-ring (bicyclic) bond motifs is 1. The number of furan rings is 1. The Bertz CT molecular complexity index is 1220. The lowest BCUT2D eigenvalue weighted by atomic mass is 10.0. The van der Waals surface area contributed by atoms with Gasteiger partial charge in [0.05, 0.1) is 17.8 Å². The van der Waals surface area contributed by atoms with Crippen LogP contribution in [-0.2, 0) is 21.2 Å². The first-order valence-electron chi connectivity index (χ1n) is 9.92. The highest BCUT2D eigenvalue weighted by atomic mass is 32.2. The summed E-state index contributed by atoms with van der Waals surface area (Å²) in [6.45, 7) is 6.65. The molecule has 1 amide bonds. The molecule has 7 nitrogen and oxygen atoms in total. The number of ether oxygens (including phenoxy) is 1. The first kappa shape index (κ1) is 22.6. The number of nitrogens with one attached hydrogen (secondary N) is 1. The summed E-state index contributed by atoms with van der Waals surface area (Å²) < 4.78 is 33.9. The average molecular weight is 443 g/mol. The molecule has 1 aromatic heterocycles. The van der Waals surface area contributed by atoms with Crippen molar-refractivity contribution in [3.05, 3.63) is 65.4 Å². The van der Waals surface area contributed by atoms with Crippen molar-refractivity contribution in [1.29, 1.82) is 0 Å². The van der Waals surface area contributed by atoms with E-state index in [0.717, 1.165) is 33.2 Å². The van der Waals surface area contributed by atoms with E-state index in [1.165, 1.54) is 12.1 Å². The molecular weight excluding hydrogens is 416 g/mol. The normalized spacial score (nSPS) is 12.2. The van der Waals surface area contributed by atoms with E-state index in [1.807, 2.05) is 32.9 Å². The van der Waals surface area contributed by atoms with E-state index in [-0.39, 0.29) is 10.8 Å². The first-order chi connectivity index (χ1) is 14.7. The summed E-state index contributed by atoms with van der Waals surface area (Å²) in [5, 5.41) is 8.93. The van der Waals surface area contributed by atoms with Crippen molar-refractivity contribution >= 4 is 32.5 Å². The number of aryl methyl sites for hydroxylation is 1. The van der Waals surface area contributed by atoms with E-state index < -0.39 is 10.0 Å². The van der Waals surface area contributed by atoms with Crippen molar-refractivity contribution < 1.29 is 22.4 Å². The summed E-state index contributed by atoms with van der Waals surface area (Å²) in [7, 11) is -3.71. The van der Waals surface area contributed by atoms with Crippen LogP contribution in [0.1, 0.15) is 30.5 Å². The molecule has 0 atom stereocenters. The molecule has 0 aliphatic carbocycles. The molecule has 0 aliphatic rings. The molecule has 3 rings (SSSR count). The number of benzene rings is 2. The molecule has 0 spiro atoms. The van der Waals surface area contributed by atoms with Gasteiger partial charge in [-0.1, -0.05) is 12.1 Å². The minimum atomic E-state index is -3.71. The molecule has 0 radical (unpaired) electrons.